The Bertz CT molecular complexity index is 113. The van der Waals surface area contributed by atoms with Gasteiger partial charge in [0.15, 0.2) is 0 Å². The molecule has 1 aliphatic heterocycles. The van der Waals surface area contributed by atoms with Crippen LogP contribution in [-0.2, 0) is 0 Å². The molecule has 0 amide bonds. The third-order valence-corrected chi connectivity index (χ3v) is 1.89. The second-order valence-electron chi connectivity index (χ2n) is 3.47. The fraction of sp³-hybridized carbons (Fsp3) is 1.00. The molecule has 1 heterocycles. The van der Waals surface area contributed by atoms with Gasteiger partial charge < -0.3 is 26.8 Å². The molecule has 6 N–H and O–H groups in total. The molecule has 1 aliphatic rings. The zero-order valence-corrected chi connectivity index (χ0v) is 9.08. The van der Waals surface area contributed by atoms with E-state index in [-0.39, 0.29) is 0 Å². The predicted octanol–water partition coefficient (Wildman–Crippen LogP) is -1.48. The molecule has 1 unspecified atom stereocenters. The summed E-state index contributed by atoms with van der Waals surface area (Å²) < 4.78 is 0. The van der Waals surface area contributed by atoms with Crippen molar-refractivity contribution in [1.82, 2.24) is 10.2 Å². The van der Waals surface area contributed by atoms with E-state index >= 15 is 0 Å². The Balaban J connectivity index is 0.000000364. The maximum absolute atomic E-state index is 7.83. The second kappa shape index (κ2) is 9.36. The van der Waals surface area contributed by atoms with Gasteiger partial charge in [-0.15, -0.1) is 0 Å². The molecule has 0 aromatic rings. The summed E-state index contributed by atoms with van der Waals surface area (Å²) in [5, 5.41) is 11.2. The van der Waals surface area contributed by atoms with E-state index in [1.54, 1.807) is 0 Å². The van der Waals surface area contributed by atoms with Crippen LogP contribution < -0.4 is 16.8 Å². The molecule has 0 aliphatic carbocycles. The van der Waals surface area contributed by atoms with E-state index in [1.165, 1.54) is 26.6 Å². The van der Waals surface area contributed by atoms with Crippen LogP contribution in [0.1, 0.15) is 13.3 Å². The number of rotatable bonds is 3. The Morgan fingerprint density at radius 3 is 2.36 bits per heavy atom. The van der Waals surface area contributed by atoms with E-state index in [0.29, 0.717) is 0 Å². The Labute approximate surface area is 86.4 Å². The van der Waals surface area contributed by atoms with Crippen LogP contribution >= 0.6 is 0 Å². The molecule has 0 bridgehead atoms. The summed E-state index contributed by atoms with van der Waals surface area (Å²) in [6, 6.07) is 0. The topological polar surface area (TPSA) is 87.5 Å². The third kappa shape index (κ3) is 9.88. The molecule has 1 fully saturated rings. The number of nitrogens with zero attached hydrogens (tertiary/aromatic N) is 1. The maximum atomic E-state index is 7.83. The minimum Gasteiger partial charge on any atom is -0.379 e. The standard InChI is InChI=1S/C7H17N3.C2H7NO/c8-2-1-5-10-6-3-9-4-7-10;1-2(3)4/h9H,1-8H2;2,4H,3H2,1H3. The summed E-state index contributed by atoms with van der Waals surface area (Å²) >= 11 is 0. The third-order valence-electron chi connectivity index (χ3n) is 1.89. The van der Waals surface area contributed by atoms with Crippen molar-refractivity contribution in [2.75, 3.05) is 39.3 Å². The summed E-state index contributed by atoms with van der Waals surface area (Å²) in [6.07, 6.45) is 0.472. The predicted molar refractivity (Wildman–Crippen MR) is 58.8 cm³/mol. The molecule has 5 heteroatoms. The van der Waals surface area contributed by atoms with Gasteiger partial charge in [0.1, 0.15) is 0 Å². The van der Waals surface area contributed by atoms with Gasteiger partial charge in [-0.05, 0) is 26.4 Å². The minimum atomic E-state index is -0.667. The zero-order chi connectivity index (χ0) is 10.8. The van der Waals surface area contributed by atoms with Crippen LogP contribution in [0.4, 0.5) is 0 Å². The molecular weight excluding hydrogens is 180 g/mol. The average Bonchev–Trinajstić information content (AvgIpc) is 2.15. The van der Waals surface area contributed by atoms with Crippen LogP contribution in [0.5, 0.6) is 0 Å². The molecule has 14 heavy (non-hydrogen) atoms. The molecule has 1 rings (SSSR count). The lowest BCUT2D eigenvalue weighted by Gasteiger charge is -2.26. The van der Waals surface area contributed by atoms with Crippen molar-refractivity contribution in [3.63, 3.8) is 0 Å². The summed E-state index contributed by atoms with van der Waals surface area (Å²) in [6.45, 7) is 8.18. The first-order chi connectivity index (χ1) is 6.66. The smallest absolute Gasteiger partial charge is 0.0991 e. The van der Waals surface area contributed by atoms with E-state index < -0.39 is 6.23 Å². The highest BCUT2D eigenvalue weighted by molar-refractivity contribution is 4.66. The van der Waals surface area contributed by atoms with Crippen LogP contribution in [0, 0.1) is 0 Å². The highest BCUT2D eigenvalue weighted by atomic mass is 16.3. The Morgan fingerprint density at radius 1 is 1.43 bits per heavy atom. The van der Waals surface area contributed by atoms with Crippen molar-refractivity contribution in [2.24, 2.45) is 11.5 Å². The molecule has 0 radical (unpaired) electrons. The van der Waals surface area contributed by atoms with Gasteiger partial charge in [-0.25, -0.2) is 0 Å². The van der Waals surface area contributed by atoms with Crippen molar-refractivity contribution >= 4 is 0 Å². The first-order valence-corrected chi connectivity index (χ1v) is 5.23. The van der Waals surface area contributed by atoms with E-state index in [1.807, 2.05) is 0 Å². The van der Waals surface area contributed by atoms with Gasteiger partial charge in [-0.2, -0.15) is 0 Å². The summed E-state index contributed by atoms with van der Waals surface area (Å²) in [4.78, 5) is 2.46. The first kappa shape index (κ1) is 13.8. The normalized spacial score (nSPS) is 19.7. The van der Waals surface area contributed by atoms with E-state index in [4.69, 9.17) is 10.8 Å². The molecule has 0 saturated carbocycles. The molecule has 0 aromatic carbocycles. The van der Waals surface area contributed by atoms with E-state index in [9.17, 15) is 0 Å². The number of hydrogen-bond donors (Lipinski definition) is 4. The van der Waals surface area contributed by atoms with Crippen LogP contribution in [-0.4, -0.2) is 55.5 Å². The molecule has 86 valence electrons. The summed E-state index contributed by atoms with van der Waals surface area (Å²) in [7, 11) is 0. The highest BCUT2D eigenvalue weighted by Crippen LogP contribution is 1.92. The van der Waals surface area contributed by atoms with Gasteiger partial charge in [0.25, 0.3) is 0 Å². The lowest BCUT2D eigenvalue weighted by atomic mass is 10.3. The van der Waals surface area contributed by atoms with Crippen molar-refractivity contribution in [1.29, 1.82) is 0 Å². The van der Waals surface area contributed by atoms with Crippen LogP contribution in [0.3, 0.4) is 0 Å². The average molecular weight is 204 g/mol. The number of hydrogen-bond acceptors (Lipinski definition) is 5. The van der Waals surface area contributed by atoms with Crippen LogP contribution in [0.2, 0.25) is 0 Å². The largest absolute Gasteiger partial charge is 0.379 e. The van der Waals surface area contributed by atoms with Gasteiger partial charge in [0.05, 0.1) is 6.23 Å². The summed E-state index contributed by atoms with van der Waals surface area (Å²) in [5.41, 5.74) is 10.1. The fourth-order valence-corrected chi connectivity index (χ4v) is 1.25. The first-order valence-electron chi connectivity index (χ1n) is 5.23. The molecule has 0 spiro atoms. The highest BCUT2D eigenvalue weighted by Gasteiger charge is 2.06. The van der Waals surface area contributed by atoms with Gasteiger partial charge in [0.2, 0.25) is 0 Å². The number of aliphatic hydroxyl groups is 1. The molecule has 1 atom stereocenters. The van der Waals surface area contributed by atoms with Gasteiger partial charge >= 0.3 is 0 Å². The van der Waals surface area contributed by atoms with Gasteiger partial charge in [-0.3, -0.25) is 0 Å². The summed E-state index contributed by atoms with van der Waals surface area (Å²) in [5.74, 6) is 0. The second-order valence-corrected chi connectivity index (χ2v) is 3.47. The fourth-order valence-electron chi connectivity index (χ4n) is 1.25. The lowest BCUT2D eigenvalue weighted by molar-refractivity contribution is 0.203. The Hall–Kier alpha value is -0.200. The SMILES string of the molecule is CC(N)O.NCCCN1CCNCC1. The number of aliphatic hydroxyl groups excluding tert-OH is 1. The Kier molecular flexibility index (Phi) is 9.23. The Morgan fingerprint density at radius 2 is 1.93 bits per heavy atom. The quantitative estimate of drug-likeness (QED) is 0.421. The molecule has 1 saturated heterocycles. The van der Waals surface area contributed by atoms with Gasteiger partial charge in [-0.1, -0.05) is 0 Å². The lowest BCUT2D eigenvalue weighted by Crippen LogP contribution is -2.44. The molecule has 0 aromatic heterocycles. The molecule has 5 nitrogen and oxygen atoms in total. The van der Waals surface area contributed by atoms with E-state index in [0.717, 1.165) is 26.1 Å². The van der Waals surface area contributed by atoms with Gasteiger partial charge in [0, 0.05) is 26.2 Å². The number of nitrogens with one attached hydrogen (secondary N) is 1. The number of piperazine rings is 1. The molecular formula is C9H24N4O. The van der Waals surface area contributed by atoms with Crippen molar-refractivity contribution in [3.05, 3.63) is 0 Å². The zero-order valence-electron chi connectivity index (χ0n) is 9.08. The van der Waals surface area contributed by atoms with Crippen LogP contribution in [0.25, 0.3) is 0 Å². The van der Waals surface area contributed by atoms with Crippen molar-refractivity contribution in [2.45, 2.75) is 19.6 Å². The number of nitrogens with two attached hydrogens (primary N) is 2. The monoisotopic (exact) mass is 204 g/mol. The van der Waals surface area contributed by atoms with Crippen molar-refractivity contribution in [3.8, 4) is 0 Å². The van der Waals surface area contributed by atoms with Crippen molar-refractivity contribution < 1.29 is 5.11 Å². The minimum absolute atomic E-state index is 0.667. The van der Waals surface area contributed by atoms with E-state index in [2.05, 4.69) is 16.0 Å². The van der Waals surface area contributed by atoms with Crippen LogP contribution in [0.15, 0.2) is 0 Å². The maximum Gasteiger partial charge on any atom is 0.0991 e.